The second-order valence-electron chi connectivity index (χ2n) is 7.80. The summed E-state index contributed by atoms with van der Waals surface area (Å²) in [4.78, 5) is 24.8. The average Bonchev–Trinajstić information content (AvgIpc) is 3.60. The molecule has 1 aliphatic rings. The van der Waals surface area contributed by atoms with Gasteiger partial charge in [0, 0.05) is 25.0 Å². The van der Waals surface area contributed by atoms with Gasteiger partial charge in [-0.2, -0.15) is 22.8 Å². The van der Waals surface area contributed by atoms with Gasteiger partial charge in [0.15, 0.2) is 0 Å². The number of hydrogen-bond acceptors (Lipinski definition) is 8. The fourth-order valence-corrected chi connectivity index (χ4v) is 4.24. The van der Waals surface area contributed by atoms with E-state index in [-0.39, 0.29) is 29.2 Å². The maximum Gasteiger partial charge on any atom is 0.501 e. The molecule has 0 radical (unpaired) electrons. The predicted octanol–water partition coefficient (Wildman–Crippen LogP) is 0.892. The molecule has 1 fully saturated rings. The van der Waals surface area contributed by atoms with Crippen molar-refractivity contribution in [3.05, 3.63) is 53.6 Å². The third-order valence-corrected chi connectivity index (χ3v) is 6.82. The first-order valence-corrected chi connectivity index (χ1v) is 12.0. The highest BCUT2D eigenvalue weighted by Crippen LogP contribution is 2.42. The van der Waals surface area contributed by atoms with Crippen LogP contribution in [-0.4, -0.2) is 58.7 Å². The van der Waals surface area contributed by atoms with Crippen LogP contribution in [0.5, 0.6) is 0 Å². The second kappa shape index (κ2) is 9.22. The highest BCUT2D eigenvalue weighted by Gasteiger charge is 2.47. The van der Waals surface area contributed by atoms with Gasteiger partial charge in [-0.05, 0) is 48.6 Å². The van der Waals surface area contributed by atoms with Crippen molar-refractivity contribution in [3.8, 4) is 5.95 Å². The van der Waals surface area contributed by atoms with Gasteiger partial charge in [0.25, 0.3) is 21.7 Å². The quantitative estimate of drug-likeness (QED) is 0.378. The van der Waals surface area contributed by atoms with Crippen LogP contribution < -0.4 is 16.0 Å². The van der Waals surface area contributed by atoms with E-state index in [1.807, 2.05) is 0 Å². The summed E-state index contributed by atoms with van der Waals surface area (Å²) in [5, 5.41) is 11.3. The smallest absolute Gasteiger partial charge is 0.356 e. The van der Waals surface area contributed by atoms with Crippen LogP contribution in [0.15, 0.2) is 41.6 Å². The summed E-state index contributed by atoms with van der Waals surface area (Å²) in [7, 11) is -2.38. The van der Waals surface area contributed by atoms with Crippen LogP contribution in [0.3, 0.4) is 0 Å². The molecule has 1 unspecified atom stereocenters. The number of nitrogens with zero attached hydrogens (tertiary/aromatic N) is 5. The molecule has 2 aromatic heterocycles. The average molecular weight is 512 g/mol. The number of aromatic nitrogens is 5. The van der Waals surface area contributed by atoms with Crippen molar-refractivity contribution in [1.29, 1.82) is 0 Å². The van der Waals surface area contributed by atoms with Crippen molar-refractivity contribution in [1.82, 2.24) is 30.0 Å². The van der Waals surface area contributed by atoms with E-state index in [9.17, 15) is 26.4 Å². The Hall–Kier alpha value is -3.59. The van der Waals surface area contributed by atoms with Gasteiger partial charge in [-0.15, -0.1) is 5.10 Å². The maximum atomic E-state index is 13.2. The predicted molar refractivity (Wildman–Crippen MR) is 116 cm³/mol. The Bertz CT molecular complexity index is 1340. The topological polar surface area (TPSA) is 148 Å². The number of sulfone groups is 1. The molecule has 0 spiro atoms. The van der Waals surface area contributed by atoms with Crippen molar-refractivity contribution in [3.63, 3.8) is 0 Å². The lowest BCUT2D eigenvalue weighted by molar-refractivity contribution is -0.675. The van der Waals surface area contributed by atoms with Crippen LogP contribution in [0.4, 0.5) is 19.1 Å². The summed E-state index contributed by atoms with van der Waals surface area (Å²) in [5.74, 6) is -0.216. The molecule has 0 aliphatic heterocycles. The van der Waals surface area contributed by atoms with Crippen molar-refractivity contribution in [2.24, 2.45) is 0 Å². The Labute approximate surface area is 198 Å². The van der Waals surface area contributed by atoms with Crippen molar-refractivity contribution in [2.45, 2.75) is 35.3 Å². The normalized spacial score (nSPS) is 15.0. The van der Waals surface area contributed by atoms with Crippen LogP contribution in [0.1, 0.15) is 46.7 Å². The number of amides is 1. The van der Waals surface area contributed by atoms with Crippen molar-refractivity contribution in [2.75, 3.05) is 19.4 Å². The third kappa shape index (κ3) is 4.95. The summed E-state index contributed by atoms with van der Waals surface area (Å²) >= 11 is 0. The Kier molecular flexibility index (Phi) is 6.46. The van der Waals surface area contributed by atoms with Gasteiger partial charge >= 0.3 is 5.51 Å². The minimum Gasteiger partial charge on any atom is -0.356 e. The molecule has 0 saturated heterocycles. The molecule has 4 rings (SSSR count). The summed E-state index contributed by atoms with van der Waals surface area (Å²) in [6, 6.07) is 4.76. The largest absolute Gasteiger partial charge is 0.501 e. The number of carbonyl (C=O) groups is 1. The number of carbonyl (C=O) groups excluding carboxylic acids is 1. The molecule has 1 amide bonds. The zero-order valence-corrected chi connectivity index (χ0v) is 19.4. The van der Waals surface area contributed by atoms with E-state index in [0.717, 1.165) is 12.1 Å². The number of benzene rings is 1. The van der Waals surface area contributed by atoms with Gasteiger partial charge in [0.05, 0.1) is 11.9 Å². The van der Waals surface area contributed by atoms with E-state index in [0.29, 0.717) is 18.4 Å². The van der Waals surface area contributed by atoms with Gasteiger partial charge in [-0.25, -0.2) is 18.4 Å². The summed E-state index contributed by atoms with van der Waals surface area (Å²) in [6.45, 7) is 0. The Balaban J connectivity index is 1.70. The van der Waals surface area contributed by atoms with Gasteiger partial charge in [0.1, 0.15) is 0 Å². The molecule has 15 heteroatoms. The molecule has 2 heterocycles. The monoisotopic (exact) mass is 511 g/mol. The molecule has 1 saturated carbocycles. The lowest BCUT2D eigenvalue weighted by Crippen LogP contribution is -2.85. The number of anilines is 1. The number of hydrogen-bond donors (Lipinski definition) is 3. The molecule has 1 aromatic carbocycles. The molecule has 35 heavy (non-hydrogen) atoms. The lowest BCUT2D eigenvalue weighted by Gasteiger charge is -2.16. The van der Waals surface area contributed by atoms with E-state index in [2.05, 4.69) is 30.7 Å². The van der Waals surface area contributed by atoms with Crippen LogP contribution >= 0.6 is 0 Å². The van der Waals surface area contributed by atoms with Crippen molar-refractivity contribution >= 4 is 21.7 Å². The third-order valence-electron chi connectivity index (χ3n) is 5.35. The van der Waals surface area contributed by atoms with Crippen molar-refractivity contribution < 1.29 is 31.7 Å². The van der Waals surface area contributed by atoms with E-state index >= 15 is 0 Å². The number of halogens is 3. The SMILES string of the molecule is CNc1nc(C(NC(=O)c2cc(C3CC3)cc(S(=O)(=O)C(F)(F)F)c2)[NH2+]C)n(-c2ncccn2)n1. The number of nitrogens with one attached hydrogen (secondary N) is 2. The summed E-state index contributed by atoms with van der Waals surface area (Å²) in [6.07, 6.45) is 3.56. The fourth-order valence-electron chi connectivity index (χ4n) is 3.39. The molecule has 186 valence electrons. The lowest BCUT2D eigenvalue weighted by atomic mass is 10.1. The van der Waals surface area contributed by atoms with E-state index in [1.165, 1.54) is 23.1 Å². The first kappa shape index (κ1) is 24.5. The molecular formula is C20H22F3N8O3S+. The van der Waals surface area contributed by atoms with Crippen LogP contribution in [0.2, 0.25) is 0 Å². The first-order valence-electron chi connectivity index (χ1n) is 10.5. The zero-order chi connectivity index (χ0) is 25.4. The standard InChI is InChI=1S/C20H21F3N8O3S/c1-24-15(16-29-18(25-2)30-31(16)19-26-6-3-7-27-19)28-17(32)13-8-12(11-4-5-11)9-14(10-13)35(33,34)20(21,22)23/h3,6-11,15,24H,4-5H2,1-2H3,(H,25,30)(H,28,32)/p+1. The minimum absolute atomic E-state index is 0.0880. The number of alkyl halides is 3. The summed E-state index contributed by atoms with van der Waals surface area (Å²) in [5.41, 5.74) is -5.33. The Morgan fingerprint density at radius 1 is 1.20 bits per heavy atom. The summed E-state index contributed by atoms with van der Waals surface area (Å²) < 4.78 is 65.0. The van der Waals surface area contributed by atoms with Gasteiger partial charge in [-0.1, -0.05) is 0 Å². The van der Waals surface area contributed by atoms with E-state index < -0.39 is 32.3 Å². The van der Waals surface area contributed by atoms with Crippen LogP contribution in [-0.2, 0) is 9.84 Å². The van der Waals surface area contributed by atoms with Gasteiger partial charge in [0.2, 0.25) is 17.9 Å². The highest BCUT2D eigenvalue weighted by atomic mass is 32.2. The molecule has 11 nitrogen and oxygen atoms in total. The zero-order valence-electron chi connectivity index (χ0n) is 18.6. The Morgan fingerprint density at radius 3 is 2.46 bits per heavy atom. The molecule has 4 N–H and O–H groups in total. The second-order valence-corrected chi connectivity index (χ2v) is 9.74. The van der Waals surface area contributed by atoms with Gasteiger partial charge in [-0.3, -0.25) is 10.1 Å². The van der Waals surface area contributed by atoms with Crippen LogP contribution in [0.25, 0.3) is 5.95 Å². The van der Waals surface area contributed by atoms with Crippen LogP contribution in [0, 0.1) is 0 Å². The Morgan fingerprint density at radius 2 is 1.89 bits per heavy atom. The molecule has 0 bridgehead atoms. The molecule has 1 aliphatic carbocycles. The molecular weight excluding hydrogens is 489 g/mol. The van der Waals surface area contributed by atoms with Gasteiger partial charge < -0.3 is 10.6 Å². The maximum absolute atomic E-state index is 13.2. The first-order chi connectivity index (χ1) is 16.5. The number of rotatable bonds is 8. The fraction of sp³-hybridized carbons (Fsp3) is 0.350. The molecule has 1 atom stereocenters. The van der Waals surface area contributed by atoms with E-state index in [4.69, 9.17) is 0 Å². The molecule has 3 aromatic rings. The number of nitrogens with two attached hydrogens (primary N) is 1. The number of quaternary nitrogens is 1. The van der Waals surface area contributed by atoms with E-state index in [1.54, 1.807) is 25.5 Å². The highest BCUT2D eigenvalue weighted by molar-refractivity contribution is 7.92. The minimum atomic E-state index is -5.63.